The van der Waals surface area contributed by atoms with Gasteiger partial charge in [-0.1, -0.05) is 32.1 Å². The van der Waals surface area contributed by atoms with E-state index in [1.54, 1.807) is 0 Å². The van der Waals surface area contributed by atoms with Crippen molar-refractivity contribution in [3.63, 3.8) is 0 Å². The van der Waals surface area contributed by atoms with Crippen LogP contribution in [0.1, 0.15) is 44.9 Å². The molecule has 2 heteroatoms. The maximum absolute atomic E-state index is 5.66. The van der Waals surface area contributed by atoms with Crippen molar-refractivity contribution < 1.29 is 0 Å². The number of rotatable bonds is 2. The Morgan fingerprint density at radius 2 is 1.71 bits per heavy atom. The summed E-state index contributed by atoms with van der Waals surface area (Å²) >= 11 is 0. The summed E-state index contributed by atoms with van der Waals surface area (Å²) in [6.45, 7) is 2.05. The standard InChI is InChI=1S/C12H24N2/c13-8-12-7-6-11(9-14-12)10-4-2-1-3-5-10/h10-12,14H,1-9,13H2. The van der Waals surface area contributed by atoms with Crippen molar-refractivity contribution in [3.05, 3.63) is 0 Å². The zero-order chi connectivity index (χ0) is 9.80. The molecule has 0 aromatic rings. The maximum Gasteiger partial charge on any atom is 0.0190 e. The molecule has 0 bridgehead atoms. The fraction of sp³-hybridized carbons (Fsp3) is 1.00. The molecule has 2 fully saturated rings. The number of hydrogen-bond acceptors (Lipinski definition) is 2. The Balaban J connectivity index is 1.76. The minimum atomic E-state index is 0.606. The summed E-state index contributed by atoms with van der Waals surface area (Å²) in [5.41, 5.74) is 5.66. The number of piperidine rings is 1. The molecule has 0 amide bonds. The van der Waals surface area contributed by atoms with Gasteiger partial charge in [-0.05, 0) is 31.2 Å². The number of nitrogens with two attached hydrogens (primary N) is 1. The summed E-state index contributed by atoms with van der Waals surface area (Å²) in [4.78, 5) is 0. The summed E-state index contributed by atoms with van der Waals surface area (Å²) in [6.07, 6.45) is 10.1. The van der Waals surface area contributed by atoms with Gasteiger partial charge in [0, 0.05) is 12.6 Å². The van der Waals surface area contributed by atoms with Crippen LogP contribution < -0.4 is 11.1 Å². The molecule has 0 aromatic carbocycles. The molecule has 1 heterocycles. The van der Waals surface area contributed by atoms with Crippen LogP contribution in [0.3, 0.4) is 0 Å². The molecule has 2 aliphatic rings. The van der Waals surface area contributed by atoms with Crippen molar-refractivity contribution in [2.75, 3.05) is 13.1 Å². The molecule has 3 N–H and O–H groups in total. The van der Waals surface area contributed by atoms with Gasteiger partial charge >= 0.3 is 0 Å². The van der Waals surface area contributed by atoms with Gasteiger partial charge < -0.3 is 11.1 Å². The van der Waals surface area contributed by atoms with E-state index in [4.69, 9.17) is 5.73 Å². The highest BCUT2D eigenvalue weighted by Gasteiger charge is 2.27. The van der Waals surface area contributed by atoms with E-state index >= 15 is 0 Å². The van der Waals surface area contributed by atoms with E-state index in [9.17, 15) is 0 Å². The summed E-state index contributed by atoms with van der Waals surface area (Å²) in [7, 11) is 0. The second kappa shape index (κ2) is 5.13. The van der Waals surface area contributed by atoms with E-state index in [0.717, 1.165) is 18.4 Å². The van der Waals surface area contributed by atoms with Crippen molar-refractivity contribution in [3.8, 4) is 0 Å². The largest absolute Gasteiger partial charge is 0.329 e. The first-order valence-corrected chi connectivity index (χ1v) is 6.33. The molecule has 1 saturated carbocycles. The Kier molecular flexibility index (Phi) is 3.82. The Morgan fingerprint density at radius 3 is 2.29 bits per heavy atom. The van der Waals surface area contributed by atoms with Crippen molar-refractivity contribution in [2.24, 2.45) is 17.6 Å². The molecule has 1 aliphatic carbocycles. The van der Waals surface area contributed by atoms with Crippen molar-refractivity contribution in [1.82, 2.24) is 5.32 Å². The first-order valence-electron chi connectivity index (χ1n) is 6.33. The van der Waals surface area contributed by atoms with Crippen LogP contribution in [-0.2, 0) is 0 Å². The highest BCUT2D eigenvalue weighted by molar-refractivity contribution is 4.83. The molecular weight excluding hydrogens is 172 g/mol. The first-order chi connectivity index (χ1) is 6.90. The lowest BCUT2D eigenvalue weighted by atomic mass is 9.76. The van der Waals surface area contributed by atoms with Gasteiger partial charge in [0.25, 0.3) is 0 Å². The Morgan fingerprint density at radius 1 is 0.929 bits per heavy atom. The zero-order valence-corrected chi connectivity index (χ0v) is 9.17. The van der Waals surface area contributed by atoms with E-state index < -0.39 is 0 Å². The molecule has 2 unspecified atom stereocenters. The average molecular weight is 196 g/mol. The van der Waals surface area contributed by atoms with Gasteiger partial charge in [0.1, 0.15) is 0 Å². The Hall–Kier alpha value is -0.0800. The molecule has 1 saturated heterocycles. The molecule has 2 atom stereocenters. The number of nitrogens with one attached hydrogen (secondary N) is 1. The third kappa shape index (κ3) is 2.48. The van der Waals surface area contributed by atoms with Gasteiger partial charge in [0.15, 0.2) is 0 Å². The van der Waals surface area contributed by atoms with Gasteiger partial charge in [-0.2, -0.15) is 0 Å². The fourth-order valence-electron chi connectivity index (χ4n) is 3.15. The van der Waals surface area contributed by atoms with Gasteiger partial charge in [0.2, 0.25) is 0 Å². The third-order valence-electron chi connectivity index (χ3n) is 4.16. The van der Waals surface area contributed by atoms with E-state index in [0.29, 0.717) is 6.04 Å². The topological polar surface area (TPSA) is 38.0 Å². The molecule has 1 aliphatic heterocycles. The van der Waals surface area contributed by atoms with E-state index in [1.807, 2.05) is 0 Å². The van der Waals surface area contributed by atoms with Gasteiger partial charge in [-0.3, -0.25) is 0 Å². The van der Waals surface area contributed by atoms with Crippen molar-refractivity contribution >= 4 is 0 Å². The van der Waals surface area contributed by atoms with E-state index in [1.165, 1.54) is 51.5 Å². The maximum atomic E-state index is 5.66. The zero-order valence-electron chi connectivity index (χ0n) is 9.17. The lowest BCUT2D eigenvalue weighted by Gasteiger charge is -2.36. The molecule has 82 valence electrons. The minimum absolute atomic E-state index is 0.606. The quantitative estimate of drug-likeness (QED) is 0.708. The summed E-state index contributed by atoms with van der Waals surface area (Å²) in [6, 6.07) is 0.606. The smallest absolute Gasteiger partial charge is 0.0190 e. The van der Waals surface area contributed by atoms with Crippen LogP contribution in [0.15, 0.2) is 0 Å². The molecule has 0 radical (unpaired) electrons. The highest BCUT2D eigenvalue weighted by Crippen LogP contribution is 2.33. The monoisotopic (exact) mass is 196 g/mol. The van der Waals surface area contributed by atoms with E-state index in [-0.39, 0.29) is 0 Å². The van der Waals surface area contributed by atoms with Crippen molar-refractivity contribution in [1.29, 1.82) is 0 Å². The molecule has 0 spiro atoms. The highest BCUT2D eigenvalue weighted by atomic mass is 14.9. The molecule has 14 heavy (non-hydrogen) atoms. The first kappa shape index (κ1) is 10.4. The Labute approximate surface area is 87.6 Å². The molecule has 0 aromatic heterocycles. The normalized spacial score (nSPS) is 35.8. The summed E-state index contributed by atoms with van der Waals surface area (Å²) in [5, 5.41) is 3.59. The number of hydrogen-bond donors (Lipinski definition) is 2. The second-order valence-electron chi connectivity index (χ2n) is 5.08. The molecule has 2 rings (SSSR count). The van der Waals surface area contributed by atoms with Crippen LogP contribution in [0.2, 0.25) is 0 Å². The van der Waals surface area contributed by atoms with Gasteiger partial charge in [-0.15, -0.1) is 0 Å². The van der Waals surface area contributed by atoms with Gasteiger partial charge in [-0.25, -0.2) is 0 Å². The second-order valence-corrected chi connectivity index (χ2v) is 5.08. The average Bonchev–Trinajstić information content (AvgIpc) is 2.30. The summed E-state index contributed by atoms with van der Waals surface area (Å²) < 4.78 is 0. The predicted octanol–water partition coefficient (Wildman–Crippen LogP) is 1.89. The summed E-state index contributed by atoms with van der Waals surface area (Å²) in [5.74, 6) is 1.98. The van der Waals surface area contributed by atoms with Crippen molar-refractivity contribution in [2.45, 2.75) is 51.0 Å². The molecular formula is C12H24N2. The molecule has 2 nitrogen and oxygen atoms in total. The Bertz CT molecular complexity index is 156. The van der Waals surface area contributed by atoms with Crippen LogP contribution in [0.5, 0.6) is 0 Å². The lowest BCUT2D eigenvalue weighted by Crippen LogP contribution is -2.45. The van der Waals surface area contributed by atoms with Crippen LogP contribution in [0, 0.1) is 11.8 Å². The third-order valence-corrected chi connectivity index (χ3v) is 4.16. The van der Waals surface area contributed by atoms with Crippen LogP contribution in [-0.4, -0.2) is 19.1 Å². The van der Waals surface area contributed by atoms with Crippen LogP contribution in [0.4, 0.5) is 0 Å². The fourth-order valence-corrected chi connectivity index (χ4v) is 3.15. The predicted molar refractivity (Wildman–Crippen MR) is 60.1 cm³/mol. The SMILES string of the molecule is NCC1CCC(C2CCCCC2)CN1. The van der Waals surface area contributed by atoms with Crippen LogP contribution >= 0.6 is 0 Å². The minimum Gasteiger partial charge on any atom is -0.329 e. The van der Waals surface area contributed by atoms with Crippen LogP contribution in [0.25, 0.3) is 0 Å². The van der Waals surface area contributed by atoms with E-state index in [2.05, 4.69) is 5.32 Å². The lowest BCUT2D eigenvalue weighted by molar-refractivity contribution is 0.188. The van der Waals surface area contributed by atoms with Gasteiger partial charge in [0.05, 0.1) is 0 Å².